The van der Waals surface area contributed by atoms with Crippen LogP contribution in [0.1, 0.15) is 17.2 Å². The molecule has 3 heteroatoms. The maximum atomic E-state index is 9.57. The van der Waals surface area contributed by atoms with E-state index < -0.39 is 0 Å². The van der Waals surface area contributed by atoms with Crippen molar-refractivity contribution in [2.45, 2.75) is 6.04 Å². The van der Waals surface area contributed by atoms with Gasteiger partial charge in [0.25, 0.3) is 0 Å². The lowest BCUT2D eigenvalue weighted by Gasteiger charge is -1.97. The quantitative estimate of drug-likeness (QED) is 0.517. The molecule has 0 aliphatic carbocycles. The summed E-state index contributed by atoms with van der Waals surface area (Å²) < 4.78 is 0. The molecule has 17 heavy (non-hydrogen) atoms. The number of hydrogen-bond donors (Lipinski definition) is 2. The molecule has 2 heterocycles. The maximum Gasteiger partial charge on any atom is 0.118 e. The molecule has 0 bridgehead atoms. The smallest absolute Gasteiger partial charge is 0.118 e. The summed E-state index contributed by atoms with van der Waals surface area (Å²) in [5.74, 6) is 0.296. The number of hydrogen-bond acceptors (Lipinski definition) is 3. The zero-order valence-corrected chi connectivity index (χ0v) is 9.01. The largest absolute Gasteiger partial charge is 0.508 e. The SMILES string of the molecule is Oc1cc2c(c(C3=NC3c3ccccc3)c1)N2. The molecule has 2 aromatic carbocycles. The molecule has 0 fully saturated rings. The van der Waals surface area contributed by atoms with Gasteiger partial charge in [-0.2, -0.15) is 0 Å². The van der Waals surface area contributed by atoms with Crippen LogP contribution < -0.4 is 5.32 Å². The number of phenols is 1. The van der Waals surface area contributed by atoms with Crippen LogP contribution in [-0.4, -0.2) is 10.8 Å². The van der Waals surface area contributed by atoms with Crippen molar-refractivity contribution in [2.75, 3.05) is 5.32 Å². The highest BCUT2D eigenvalue weighted by atomic mass is 16.3. The van der Waals surface area contributed by atoms with E-state index in [1.807, 2.05) is 18.2 Å². The molecule has 2 aromatic rings. The van der Waals surface area contributed by atoms with E-state index in [0.717, 1.165) is 22.6 Å². The number of anilines is 2. The van der Waals surface area contributed by atoms with E-state index >= 15 is 0 Å². The molecule has 0 spiro atoms. The molecule has 0 radical (unpaired) electrons. The van der Waals surface area contributed by atoms with Gasteiger partial charge in [0.05, 0.1) is 17.1 Å². The average Bonchev–Trinajstić information content (AvgIpc) is 3.23. The van der Waals surface area contributed by atoms with Crippen molar-refractivity contribution in [3.63, 3.8) is 0 Å². The predicted octanol–water partition coefficient (Wildman–Crippen LogP) is 2.99. The van der Waals surface area contributed by atoms with Crippen molar-refractivity contribution in [3.8, 4) is 5.75 Å². The van der Waals surface area contributed by atoms with Gasteiger partial charge in [-0.1, -0.05) is 30.3 Å². The summed E-state index contributed by atoms with van der Waals surface area (Å²) in [6.45, 7) is 0. The molecular weight excluding hydrogens is 212 g/mol. The number of aromatic hydroxyl groups is 1. The van der Waals surface area contributed by atoms with Crippen molar-refractivity contribution >= 4 is 17.1 Å². The summed E-state index contributed by atoms with van der Waals surface area (Å²) in [5, 5.41) is 12.7. The van der Waals surface area contributed by atoms with Gasteiger partial charge in [-0.15, -0.1) is 0 Å². The Labute approximate surface area is 98.4 Å². The van der Waals surface area contributed by atoms with E-state index in [2.05, 4.69) is 22.4 Å². The number of phenolic OH excluding ortho intramolecular Hbond substituents is 1. The van der Waals surface area contributed by atoms with Gasteiger partial charge in [-0.25, -0.2) is 0 Å². The van der Waals surface area contributed by atoms with Gasteiger partial charge in [-0.05, 0) is 11.6 Å². The van der Waals surface area contributed by atoms with Gasteiger partial charge in [-0.3, -0.25) is 4.99 Å². The summed E-state index contributed by atoms with van der Waals surface area (Å²) in [5.41, 5.74) is 5.43. The number of aliphatic imine (C=N–C) groups is 1. The lowest BCUT2D eigenvalue weighted by molar-refractivity contribution is 0.476. The molecule has 2 aliphatic rings. The fourth-order valence-corrected chi connectivity index (χ4v) is 2.22. The molecule has 1 unspecified atom stereocenters. The van der Waals surface area contributed by atoms with Crippen LogP contribution in [0.2, 0.25) is 0 Å². The van der Waals surface area contributed by atoms with Crippen LogP contribution in [0.5, 0.6) is 5.75 Å². The van der Waals surface area contributed by atoms with Gasteiger partial charge in [0.1, 0.15) is 11.8 Å². The lowest BCUT2D eigenvalue weighted by atomic mass is 10.0. The number of nitrogens with one attached hydrogen (secondary N) is 1. The molecule has 0 saturated carbocycles. The number of rotatable bonds is 2. The Morgan fingerprint density at radius 1 is 1.12 bits per heavy atom. The Hall–Kier alpha value is -2.29. The van der Waals surface area contributed by atoms with E-state index in [9.17, 15) is 5.11 Å². The number of fused-ring (bicyclic) bond motifs is 1. The van der Waals surface area contributed by atoms with Crippen LogP contribution in [0, 0.1) is 0 Å². The van der Waals surface area contributed by atoms with E-state index in [4.69, 9.17) is 0 Å². The normalized spacial score (nSPS) is 19.1. The molecule has 0 aromatic heterocycles. The highest BCUT2D eigenvalue weighted by Gasteiger charge is 2.36. The minimum Gasteiger partial charge on any atom is -0.508 e. The standard InChI is InChI=1S/C14H10N2O/c17-9-6-10(13-11(7-9)15-13)14-12(16-14)8-4-2-1-3-5-8/h1-7,12,15,17H. The van der Waals surface area contributed by atoms with E-state index in [1.165, 1.54) is 5.56 Å². The Morgan fingerprint density at radius 2 is 1.94 bits per heavy atom. The first kappa shape index (κ1) is 8.82. The fraction of sp³-hybridized carbons (Fsp3) is 0.0714. The summed E-state index contributed by atoms with van der Waals surface area (Å²) in [7, 11) is 0. The number of benzene rings is 2. The Balaban J connectivity index is 1.68. The first-order chi connectivity index (χ1) is 8.33. The zero-order valence-electron chi connectivity index (χ0n) is 9.01. The highest BCUT2D eigenvalue weighted by Crippen LogP contribution is 2.49. The van der Waals surface area contributed by atoms with Crippen LogP contribution in [-0.2, 0) is 0 Å². The fourth-order valence-electron chi connectivity index (χ4n) is 2.22. The third-order valence-corrected chi connectivity index (χ3v) is 3.17. The van der Waals surface area contributed by atoms with Gasteiger partial charge in [0.2, 0.25) is 0 Å². The number of nitrogens with zero attached hydrogens (tertiary/aromatic N) is 1. The van der Waals surface area contributed by atoms with Crippen molar-refractivity contribution in [3.05, 3.63) is 53.6 Å². The maximum absolute atomic E-state index is 9.57. The molecule has 4 rings (SSSR count). The molecule has 0 saturated heterocycles. The Morgan fingerprint density at radius 3 is 2.76 bits per heavy atom. The van der Waals surface area contributed by atoms with Crippen LogP contribution in [0.15, 0.2) is 47.5 Å². The van der Waals surface area contributed by atoms with E-state index in [0.29, 0.717) is 5.75 Å². The molecule has 1 atom stereocenters. The van der Waals surface area contributed by atoms with Crippen LogP contribution >= 0.6 is 0 Å². The van der Waals surface area contributed by atoms with Crippen molar-refractivity contribution in [1.82, 2.24) is 0 Å². The van der Waals surface area contributed by atoms with Crippen LogP contribution in [0.4, 0.5) is 11.4 Å². The molecule has 3 nitrogen and oxygen atoms in total. The molecule has 2 N–H and O–H groups in total. The minimum absolute atomic E-state index is 0.171. The first-order valence-corrected chi connectivity index (χ1v) is 5.60. The van der Waals surface area contributed by atoms with Crippen LogP contribution in [0.25, 0.3) is 0 Å². The van der Waals surface area contributed by atoms with Crippen molar-refractivity contribution in [2.24, 2.45) is 4.99 Å². The zero-order chi connectivity index (χ0) is 11.4. The molecular formula is C14H10N2O. The summed E-state index contributed by atoms with van der Waals surface area (Å²) >= 11 is 0. The van der Waals surface area contributed by atoms with E-state index in [-0.39, 0.29) is 6.04 Å². The summed E-state index contributed by atoms with van der Waals surface area (Å²) in [6, 6.07) is 13.9. The van der Waals surface area contributed by atoms with Gasteiger partial charge >= 0.3 is 0 Å². The molecule has 0 amide bonds. The molecule has 82 valence electrons. The second-order valence-corrected chi connectivity index (χ2v) is 4.37. The second kappa shape index (κ2) is 2.88. The Bertz CT molecular complexity index is 646. The van der Waals surface area contributed by atoms with Crippen LogP contribution in [0.3, 0.4) is 0 Å². The van der Waals surface area contributed by atoms with Gasteiger partial charge in [0.15, 0.2) is 0 Å². The Kier molecular flexibility index (Phi) is 1.50. The summed E-state index contributed by atoms with van der Waals surface area (Å²) in [6.07, 6.45) is 0. The second-order valence-electron chi connectivity index (χ2n) is 4.37. The predicted molar refractivity (Wildman–Crippen MR) is 67.1 cm³/mol. The van der Waals surface area contributed by atoms with Gasteiger partial charge < -0.3 is 10.4 Å². The summed E-state index contributed by atoms with van der Waals surface area (Å²) in [4.78, 5) is 4.50. The highest BCUT2D eigenvalue weighted by molar-refractivity contribution is 6.21. The third-order valence-electron chi connectivity index (χ3n) is 3.17. The topological polar surface area (TPSA) is 54.5 Å². The lowest BCUT2D eigenvalue weighted by Crippen LogP contribution is -1.92. The first-order valence-electron chi connectivity index (χ1n) is 5.60. The van der Waals surface area contributed by atoms with Crippen molar-refractivity contribution in [1.29, 1.82) is 0 Å². The third kappa shape index (κ3) is 1.32. The van der Waals surface area contributed by atoms with Crippen molar-refractivity contribution < 1.29 is 5.11 Å². The van der Waals surface area contributed by atoms with E-state index in [1.54, 1.807) is 12.1 Å². The molecule has 2 aliphatic heterocycles. The minimum atomic E-state index is 0.171. The monoisotopic (exact) mass is 222 g/mol. The average molecular weight is 222 g/mol. The van der Waals surface area contributed by atoms with Gasteiger partial charge in [0, 0.05) is 11.6 Å².